The molecule has 3 rings (SSSR count). The first-order valence-corrected chi connectivity index (χ1v) is 9.35. The maximum Gasteiger partial charge on any atom is 0.264 e. The molecule has 0 saturated carbocycles. The largest absolute Gasteiger partial charge is 0.484 e. The Kier molecular flexibility index (Phi) is 5.50. The first-order chi connectivity index (χ1) is 12.0. The van der Waals surface area contributed by atoms with Crippen LogP contribution >= 0.6 is 27.3 Å². The number of aromatic nitrogens is 1. The highest BCUT2D eigenvalue weighted by Gasteiger charge is 2.12. The van der Waals surface area contributed by atoms with E-state index in [1.807, 2.05) is 62.4 Å². The lowest BCUT2D eigenvalue weighted by molar-refractivity contribution is -0.118. The van der Waals surface area contributed by atoms with Gasteiger partial charge in [-0.3, -0.25) is 10.1 Å². The highest BCUT2D eigenvalue weighted by atomic mass is 79.9. The Morgan fingerprint density at radius 1 is 1.20 bits per heavy atom. The summed E-state index contributed by atoms with van der Waals surface area (Å²) in [5, 5.41) is 3.38. The Bertz CT molecular complexity index is 891. The first-order valence-electron chi connectivity index (χ1n) is 7.74. The van der Waals surface area contributed by atoms with Crippen molar-refractivity contribution in [1.82, 2.24) is 4.98 Å². The zero-order valence-electron chi connectivity index (χ0n) is 13.9. The van der Waals surface area contributed by atoms with Gasteiger partial charge in [-0.1, -0.05) is 40.2 Å². The summed E-state index contributed by atoms with van der Waals surface area (Å²) in [6.07, 6.45) is 0. The van der Waals surface area contributed by atoms with Gasteiger partial charge in [0.05, 0.1) is 5.69 Å². The molecule has 1 aromatic heterocycles. The van der Waals surface area contributed by atoms with Gasteiger partial charge in [-0.25, -0.2) is 4.98 Å². The number of benzene rings is 2. The minimum atomic E-state index is -0.224. The summed E-state index contributed by atoms with van der Waals surface area (Å²) in [7, 11) is 0. The van der Waals surface area contributed by atoms with Gasteiger partial charge >= 0.3 is 0 Å². The lowest BCUT2D eigenvalue weighted by Crippen LogP contribution is -2.20. The molecule has 6 heteroatoms. The van der Waals surface area contributed by atoms with Crippen molar-refractivity contribution in [3.63, 3.8) is 0 Å². The standard InChI is InChI=1S/C19H17BrN2O2S/c1-12-4-3-5-16(10-12)24-11-17(23)21-19-22-18(13(2)25-19)14-6-8-15(20)9-7-14/h3-10H,11H2,1-2H3,(H,21,22,23). The van der Waals surface area contributed by atoms with Crippen LogP contribution in [0.5, 0.6) is 5.75 Å². The predicted molar refractivity (Wildman–Crippen MR) is 105 cm³/mol. The lowest BCUT2D eigenvalue weighted by atomic mass is 10.1. The minimum Gasteiger partial charge on any atom is -0.484 e. The fraction of sp³-hybridized carbons (Fsp3) is 0.158. The third kappa shape index (κ3) is 4.67. The van der Waals surface area contributed by atoms with Gasteiger partial charge in [-0.2, -0.15) is 0 Å². The van der Waals surface area contributed by atoms with E-state index < -0.39 is 0 Å². The Hall–Kier alpha value is -2.18. The summed E-state index contributed by atoms with van der Waals surface area (Å²) >= 11 is 4.88. The molecule has 0 bridgehead atoms. The molecule has 2 aromatic carbocycles. The van der Waals surface area contributed by atoms with Gasteiger partial charge in [0, 0.05) is 14.9 Å². The Morgan fingerprint density at radius 2 is 1.96 bits per heavy atom. The number of carbonyl (C=O) groups excluding carboxylic acids is 1. The summed E-state index contributed by atoms with van der Waals surface area (Å²) < 4.78 is 6.53. The number of nitrogens with zero attached hydrogens (tertiary/aromatic N) is 1. The molecule has 128 valence electrons. The van der Waals surface area contributed by atoms with E-state index in [4.69, 9.17) is 4.74 Å². The smallest absolute Gasteiger partial charge is 0.264 e. The molecule has 0 fully saturated rings. The number of carbonyl (C=O) groups is 1. The highest BCUT2D eigenvalue weighted by Crippen LogP contribution is 2.31. The lowest BCUT2D eigenvalue weighted by Gasteiger charge is -2.06. The first kappa shape index (κ1) is 17.6. The predicted octanol–water partition coefficient (Wildman–Crippen LogP) is 5.21. The second-order valence-corrected chi connectivity index (χ2v) is 7.70. The number of anilines is 1. The number of halogens is 1. The quantitative estimate of drug-likeness (QED) is 0.620. The molecule has 0 radical (unpaired) electrons. The zero-order valence-corrected chi connectivity index (χ0v) is 16.3. The number of nitrogens with one attached hydrogen (secondary N) is 1. The van der Waals surface area contributed by atoms with Crippen LogP contribution in [0.1, 0.15) is 10.4 Å². The Labute approximate surface area is 159 Å². The molecular weight excluding hydrogens is 400 g/mol. The number of rotatable bonds is 5. The van der Waals surface area contributed by atoms with Crippen LogP contribution in [-0.2, 0) is 4.79 Å². The minimum absolute atomic E-state index is 0.0459. The average Bonchev–Trinajstić information content (AvgIpc) is 2.94. The van der Waals surface area contributed by atoms with Gasteiger partial charge in [-0.15, -0.1) is 11.3 Å². The molecule has 0 spiro atoms. The maximum absolute atomic E-state index is 12.1. The van der Waals surface area contributed by atoms with Crippen molar-refractivity contribution in [2.24, 2.45) is 0 Å². The van der Waals surface area contributed by atoms with Crippen molar-refractivity contribution in [3.8, 4) is 17.0 Å². The van der Waals surface area contributed by atoms with Crippen LogP contribution < -0.4 is 10.1 Å². The highest BCUT2D eigenvalue weighted by molar-refractivity contribution is 9.10. The topological polar surface area (TPSA) is 51.2 Å². The van der Waals surface area contributed by atoms with Crippen molar-refractivity contribution in [3.05, 3.63) is 63.4 Å². The second-order valence-electron chi connectivity index (χ2n) is 5.58. The van der Waals surface area contributed by atoms with Gasteiger partial charge < -0.3 is 4.74 Å². The van der Waals surface area contributed by atoms with Gasteiger partial charge in [-0.05, 0) is 43.7 Å². The number of amides is 1. The summed E-state index contributed by atoms with van der Waals surface area (Å²) in [5.74, 6) is 0.457. The molecule has 3 aromatic rings. The Balaban J connectivity index is 1.64. The number of ether oxygens (including phenoxy) is 1. The van der Waals surface area contributed by atoms with Gasteiger partial charge in [0.2, 0.25) is 0 Å². The molecule has 0 saturated heterocycles. The van der Waals surface area contributed by atoms with Crippen LogP contribution in [-0.4, -0.2) is 17.5 Å². The third-order valence-corrected chi connectivity index (χ3v) is 4.93. The van der Waals surface area contributed by atoms with Crippen LogP contribution in [0.15, 0.2) is 53.0 Å². The van der Waals surface area contributed by atoms with Crippen LogP contribution in [0.25, 0.3) is 11.3 Å². The van der Waals surface area contributed by atoms with E-state index in [1.165, 1.54) is 11.3 Å². The molecule has 0 atom stereocenters. The van der Waals surface area contributed by atoms with Crippen LogP contribution in [0.4, 0.5) is 5.13 Å². The molecule has 1 heterocycles. The SMILES string of the molecule is Cc1cccc(OCC(=O)Nc2nc(-c3ccc(Br)cc3)c(C)s2)c1. The van der Waals surface area contributed by atoms with Crippen LogP contribution in [0.2, 0.25) is 0 Å². The summed E-state index contributed by atoms with van der Waals surface area (Å²) in [6.45, 7) is 3.93. The van der Waals surface area contributed by atoms with Crippen molar-refractivity contribution in [2.45, 2.75) is 13.8 Å². The summed E-state index contributed by atoms with van der Waals surface area (Å²) in [6, 6.07) is 15.6. The normalized spacial score (nSPS) is 10.5. The molecule has 4 nitrogen and oxygen atoms in total. The zero-order chi connectivity index (χ0) is 17.8. The molecule has 0 aliphatic carbocycles. The van der Waals surface area contributed by atoms with Crippen molar-refractivity contribution >= 4 is 38.3 Å². The van der Waals surface area contributed by atoms with Gasteiger partial charge in [0.15, 0.2) is 11.7 Å². The van der Waals surface area contributed by atoms with E-state index >= 15 is 0 Å². The number of thiazole rings is 1. The van der Waals surface area contributed by atoms with E-state index in [-0.39, 0.29) is 12.5 Å². The van der Waals surface area contributed by atoms with Crippen molar-refractivity contribution < 1.29 is 9.53 Å². The van der Waals surface area contributed by atoms with E-state index in [1.54, 1.807) is 0 Å². The number of hydrogen-bond acceptors (Lipinski definition) is 4. The fourth-order valence-electron chi connectivity index (χ4n) is 2.33. The molecule has 0 aliphatic rings. The second kappa shape index (κ2) is 7.80. The average molecular weight is 417 g/mol. The molecule has 0 unspecified atom stereocenters. The fourth-order valence-corrected chi connectivity index (χ4v) is 3.45. The summed E-state index contributed by atoms with van der Waals surface area (Å²) in [5.41, 5.74) is 2.99. The maximum atomic E-state index is 12.1. The van der Waals surface area contributed by atoms with Gasteiger partial charge in [0.25, 0.3) is 5.91 Å². The van der Waals surface area contributed by atoms with E-state index in [2.05, 4.69) is 26.2 Å². The summed E-state index contributed by atoms with van der Waals surface area (Å²) in [4.78, 5) is 17.7. The third-order valence-electron chi connectivity index (χ3n) is 3.52. The van der Waals surface area contributed by atoms with Crippen molar-refractivity contribution in [1.29, 1.82) is 0 Å². The van der Waals surface area contributed by atoms with Crippen molar-refractivity contribution in [2.75, 3.05) is 11.9 Å². The van der Waals surface area contributed by atoms with E-state index in [0.717, 1.165) is 26.2 Å². The molecular formula is C19H17BrN2O2S. The Morgan fingerprint density at radius 3 is 2.68 bits per heavy atom. The number of hydrogen-bond donors (Lipinski definition) is 1. The van der Waals surface area contributed by atoms with Crippen LogP contribution in [0, 0.1) is 13.8 Å². The molecule has 1 amide bonds. The van der Waals surface area contributed by atoms with Gasteiger partial charge in [0.1, 0.15) is 5.75 Å². The number of aryl methyl sites for hydroxylation is 2. The molecule has 1 N–H and O–H groups in total. The monoisotopic (exact) mass is 416 g/mol. The van der Waals surface area contributed by atoms with E-state index in [0.29, 0.717) is 10.9 Å². The van der Waals surface area contributed by atoms with E-state index in [9.17, 15) is 4.79 Å². The van der Waals surface area contributed by atoms with Crippen LogP contribution in [0.3, 0.4) is 0 Å². The molecule has 0 aliphatic heterocycles. The molecule has 25 heavy (non-hydrogen) atoms.